The summed E-state index contributed by atoms with van der Waals surface area (Å²) < 4.78 is 0. The summed E-state index contributed by atoms with van der Waals surface area (Å²) in [6, 6.07) is 0. The second-order valence-electron chi connectivity index (χ2n) is 3.27. The first-order valence-electron chi connectivity index (χ1n) is 4.09. The molecule has 0 rings (SSSR count). The van der Waals surface area contributed by atoms with Crippen LogP contribution in [0.5, 0.6) is 0 Å². The van der Waals surface area contributed by atoms with Crippen LogP contribution in [0.3, 0.4) is 0 Å². The van der Waals surface area contributed by atoms with Gasteiger partial charge in [-0.1, -0.05) is 19.0 Å². The molecule has 2 atom stereocenters. The molecule has 0 aliphatic carbocycles. The van der Waals surface area contributed by atoms with E-state index in [-0.39, 0.29) is 11.7 Å². The fraction of sp³-hybridized carbons (Fsp3) is 0.875. The molecule has 0 amide bonds. The summed E-state index contributed by atoms with van der Waals surface area (Å²) in [6.07, 6.45) is 0.800. The minimum Gasteiger partial charge on any atom is -0.300 e. The van der Waals surface area contributed by atoms with E-state index in [4.69, 9.17) is 5.53 Å². The second kappa shape index (κ2) is 5.61. The minimum absolute atomic E-state index is 0.0777. The lowest BCUT2D eigenvalue weighted by molar-refractivity contribution is -0.120. The first-order chi connectivity index (χ1) is 5.57. The standard InChI is InChI=1S/C8H15N3O/c1-6(5-10-11-9)4-7(2)8(3)12/h6-7H,4-5H2,1-3H3. The first-order valence-corrected chi connectivity index (χ1v) is 4.09. The number of azide groups is 1. The van der Waals surface area contributed by atoms with Crippen LogP contribution in [0.15, 0.2) is 5.11 Å². The van der Waals surface area contributed by atoms with Gasteiger partial charge in [0, 0.05) is 17.4 Å². The van der Waals surface area contributed by atoms with Crippen molar-refractivity contribution in [3.8, 4) is 0 Å². The molecule has 0 saturated carbocycles. The van der Waals surface area contributed by atoms with E-state index in [1.54, 1.807) is 6.92 Å². The van der Waals surface area contributed by atoms with Crippen LogP contribution in [0.25, 0.3) is 10.4 Å². The van der Waals surface area contributed by atoms with Crippen molar-refractivity contribution in [1.29, 1.82) is 0 Å². The van der Waals surface area contributed by atoms with Crippen molar-refractivity contribution >= 4 is 5.78 Å². The van der Waals surface area contributed by atoms with E-state index in [0.29, 0.717) is 12.5 Å². The average molecular weight is 169 g/mol. The Hall–Kier alpha value is -1.02. The third-order valence-corrected chi connectivity index (χ3v) is 1.91. The van der Waals surface area contributed by atoms with Crippen LogP contribution in [-0.2, 0) is 4.79 Å². The summed E-state index contributed by atoms with van der Waals surface area (Å²) in [5, 5.41) is 3.45. The van der Waals surface area contributed by atoms with Crippen molar-refractivity contribution in [3.63, 3.8) is 0 Å². The SMILES string of the molecule is CC(=O)C(C)CC(C)CN=[N+]=[N-]. The number of nitrogens with zero attached hydrogens (tertiary/aromatic N) is 3. The van der Waals surface area contributed by atoms with Gasteiger partial charge in [-0.2, -0.15) is 0 Å². The normalized spacial score (nSPS) is 14.6. The Morgan fingerprint density at radius 1 is 1.58 bits per heavy atom. The van der Waals surface area contributed by atoms with Crippen molar-refractivity contribution in [2.45, 2.75) is 27.2 Å². The topological polar surface area (TPSA) is 65.8 Å². The molecule has 0 bridgehead atoms. The monoisotopic (exact) mass is 169 g/mol. The molecule has 4 nitrogen and oxygen atoms in total. The number of carbonyl (C=O) groups excluding carboxylic acids is 1. The van der Waals surface area contributed by atoms with Crippen LogP contribution < -0.4 is 0 Å². The fourth-order valence-corrected chi connectivity index (χ4v) is 1.02. The molecule has 12 heavy (non-hydrogen) atoms. The van der Waals surface area contributed by atoms with E-state index in [0.717, 1.165) is 6.42 Å². The van der Waals surface area contributed by atoms with E-state index >= 15 is 0 Å². The van der Waals surface area contributed by atoms with Gasteiger partial charge in [-0.15, -0.1) is 0 Å². The summed E-state index contributed by atoms with van der Waals surface area (Å²) in [5.74, 6) is 0.566. The largest absolute Gasteiger partial charge is 0.300 e. The third kappa shape index (κ3) is 4.74. The van der Waals surface area contributed by atoms with E-state index < -0.39 is 0 Å². The highest BCUT2D eigenvalue weighted by atomic mass is 16.1. The Morgan fingerprint density at radius 3 is 2.58 bits per heavy atom. The van der Waals surface area contributed by atoms with E-state index in [2.05, 4.69) is 10.0 Å². The van der Waals surface area contributed by atoms with Gasteiger partial charge in [0.1, 0.15) is 5.78 Å². The van der Waals surface area contributed by atoms with Crippen LogP contribution >= 0.6 is 0 Å². The van der Waals surface area contributed by atoms with Gasteiger partial charge in [-0.3, -0.25) is 4.79 Å². The summed E-state index contributed by atoms with van der Waals surface area (Å²) >= 11 is 0. The summed E-state index contributed by atoms with van der Waals surface area (Å²) in [5.41, 5.74) is 8.05. The maximum absolute atomic E-state index is 10.8. The van der Waals surface area contributed by atoms with Gasteiger partial charge in [0.05, 0.1) is 0 Å². The first kappa shape index (κ1) is 11.0. The highest BCUT2D eigenvalue weighted by molar-refractivity contribution is 5.77. The van der Waals surface area contributed by atoms with Crippen LogP contribution in [0, 0.1) is 11.8 Å². The predicted octanol–water partition coefficient (Wildman–Crippen LogP) is 2.55. The smallest absolute Gasteiger partial charge is 0.132 e. The van der Waals surface area contributed by atoms with Crippen LogP contribution in [0.2, 0.25) is 0 Å². The van der Waals surface area contributed by atoms with Crippen molar-refractivity contribution < 1.29 is 4.79 Å². The molecule has 0 heterocycles. The molecule has 68 valence electrons. The second-order valence-corrected chi connectivity index (χ2v) is 3.27. The molecule has 0 fully saturated rings. The number of ketones is 1. The molecule has 2 unspecified atom stereocenters. The number of hydrogen-bond acceptors (Lipinski definition) is 2. The Balaban J connectivity index is 3.75. The van der Waals surface area contributed by atoms with Gasteiger partial charge in [-0.05, 0) is 24.8 Å². The highest BCUT2D eigenvalue weighted by Crippen LogP contribution is 2.12. The van der Waals surface area contributed by atoms with Gasteiger partial charge < -0.3 is 0 Å². The molecule has 0 aliphatic heterocycles. The molecule has 0 aromatic heterocycles. The van der Waals surface area contributed by atoms with E-state index in [1.807, 2.05) is 13.8 Å². The Bertz CT molecular complexity index is 196. The number of hydrogen-bond donors (Lipinski definition) is 0. The van der Waals surface area contributed by atoms with E-state index in [1.165, 1.54) is 0 Å². The maximum Gasteiger partial charge on any atom is 0.132 e. The van der Waals surface area contributed by atoms with Gasteiger partial charge in [-0.25, -0.2) is 0 Å². The molecule has 0 aromatic rings. The lowest BCUT2D eigenvalue weighted by Gasteiger charge is -2.11. The zero-order valence-electron chi connectivity index (χ0n) is 7.82. The molecule has 0 aliphatic rings. The van der Waals surface area contributed by atoms with Crippen molar-refractivity contribution in [2.75, 3.05) is 6.54 Å². The molecule has 0 saturated heterocycles. The molecule has 4 heteroatoms. The molecule has 0 aromatic carbocycles. The fourth-order valence-electron chi connectivity index (χ4n) is 1.02. The third-order valence-electron chi connectivity index (χ3n) is 1.91. The Morgan fingerprint density at radius 2 is 2.17 bits per heavy atom. The highest BCUT2D eigenvalue weighted by Gasteiger charge is 2.11. The van der Waals surface area contributed by atoms with Crippen LogP contribution in [-0.4, -0.2) is 12.3 Å². The van der Waals surface area contributed by atoms with Gasteiger partial charge >= 0.3 is 0 Å². The Labute approximate surface area is 72.6 Å². The summed E-state index contributed by atoms with van der Waals surface area (Å²) in [4.78, 5) is 13.5. The summed E-state index contributed by atoms with van der Waals surface area (Å²) in [7, 11) is 0. The molecule has 0 N–H and O–H groups in total. The maximum atomic E-state index is 10.8. The van der Waals surface area contributed by atoms with Gasteiger partial charge in [0.2, 0.25) is 0 Å². The van der Waals surface area contributed by atoms with Crippen molar-refractivity contribution in [3.05, 3.63) is 10.4 Å². The zero-order chi connectivity index (χ0) is 9.56. The van der Waals surface area contributed by atoms with Gasteiger partial charge in [0.25, 0.3) is 0 Å². The molecule has 0 spiro atoms. The zero-order valence-corrected chi connectivity index (χ0v) is 7.82. The van der Waals surface area contributed by atoms with E-state index in [9.17, 15) is 4.79 Å². The number of carbonyl (C=O) groups is 1. The molecular weight excluding hydrogens is 154 g/mol. The number of rotatable bonds is 5. The van der Waals surface area contributed by atoms with Crippen molar-refractivity contribution in [2.24, 2.45) is 17.0 Å². The minimum atomic E-state index is 0.0777. The quantitative estimate of drug-likeness (QED) is 0.354. The van der Waals surface area contributed by atoms with Crippen molar-refractivity contribution in [1.82, 2.24) is 0 Å². The lowest BCUT2D eigenvalue weighted by atomic mass is 9.95. The predicted molar refractivity (Wildman–Crippen MR) is 47.6 cm³/mol. The van der Waals surface area contributed by atoms with Gasteiger partial charge in [0.15, 0.2) is 0 Å². The molecule has 0 radical (unpaired) electrons. The van der Waals surface area contributed by atoms with Crippen LogP contribution in [0.4, 0.5) is 0 Å². The van der Waals surface area contributed by atoms with Crippen LogP contribution in [0.1, 0.15) is 27.2 Å². The Kier molecular flexibility index (Phi) is 5.13. The average Bonchev–Trinajstić information content (AvgIpc) is 2.00. The number of Topliss-reactive ketones (excluding diaryl/α,β-unsaturated/α-hetero) is 1. The summed E-state index contributed by atoms with van der Waals surface area (Å²) in [6.45, 7) is 5.95. The lowest BCUT2D eigenvalue weighted by Crippen LogP contribution is -2.12. The molecular formula is C8H15N3O.